The van der Waals surface area contributed by atoms with Crippen LogP contribution in [0.2, 0.25) is 0 Å². The van der Waals surface area contributed by atoms with Crippen molar-refractivity contribution < 1.29 is 77.8 Å². The smallest absolute Gasteiger partial charge is 0.481 e. The second-order valence-electron chi connectivity index (χ2n) is 14.3. The largest absolute Gasteiger partial charge is 0.509 e. The third-order valence-corrected chi connectivity index (χ3v) is 11.8. The normalized spacial score (nSPS) is 14.2. The van der Waals surface area contributed by atoms with Crippen LogP contribution in [0.15, 0.2) is 30.3 Å². The van der Waals surface area contributed by atoms with E-state index in [-0.39, 0.29) is 74.2 Å². The Labute approximate surface area is 387 Å². The van der Waals surface area contributed by atoms with Crippen LogP contribution < -0.4 is 31.9 Å². The molecule has 0 aliphatic carbocycles. The van der Waals surface area contributed by atoms with Crippen molar-refractivity contribution in [2.75, 3.05) is 44.3 Å². The van der Waals surface area contributed by atoms with E-state index in [9.17, 15) is 63.3 Å². The van der Waals surface area contributed by atoms with Crippen molar-refractivity contribution in [3.63, 3.8) is 0 Å². The number of carboxylic acid groups (broad SMARTS) is 4. The fraction of sp³-hybridized carbons (Fsp3) is 0.564. The Morgan fingerprint density at radius 1 is 0.723 bits per heavy atom. The quantitative estimate of drug-likeness (QED) is 0.0207. The highest BCUT2D eigenvalue weighted by atomic mass is 33.1. The van der Waals surface area contributed by atoms with E-state index in [0.717, 1.165) is 23.6 Å². The molecule has 65 heavy (non-hydrogen) atoms. The van der Waals surface area contributed by atoms with E-state index in [1.54, 1.807) is 35.2 Å². The number of aliphatic carboxylic acids is 4. The zero-order chi connectivity index (χ0) is 48.3. The molecule has 1 aliphatic heterocycles. The summed E-state index contributed by atoms with van der Waals surface area (Å²) in [6, 6.07) is 3.21. The Bertz CT molecular complexity index is 1820. The molecule has 23 nitrogen and oxygen atoms in total. The van der Waals surface area contributed by atoms with Gasteiger partial charge in [0.15, 0.2) is 11.2 Å². The summed E-state index contributed by atoms with van der Waals surface area (Å²) in [5.74, 6) is -8.18. The van der Waals surface area contributed by atoms with E-state index in [4.69, 9.17) is 26.8 Å². The molecule has 5 unspecified atom stereocenters. The maximum Gasteiger partial charge on any atom is 0.509 e. The zero-order valence-corrected chi connectivity index (χ0v) is 37.9. The van der Waals surface area contributed by atoms with Gasteiger partial charge in [0.25, 0.3) is 5.91 Å². The number of thiocarbonyl (C=S) groups is 1. The minimum Gasteiger partial charge on any atom is -0.481 e. The second-order valence-corrected chi connectivity index (χ2v) is 17.3. The highest BCUT2D eigenvalue weighted by molar-refractivity contribution is 8.76. The number of ether oxygens (including phenoxy) is 2. The van der Waals surface area contributed by atoms with Gasteiger partial charge in [-0.3, -0.25) is 28.8 Å². The van der Waals surface area contributed by atoms with Crippen LogP contribution in [0, 0.1) is 0 Å². The third-order valence-electron chi connectivity index (χ3n) is 9.15. The van der Waals surface area contributed by atoms with Gasteiger partial charge in [-0.2, -0.15) is 0 Å². The molecule has 1 aliphatic rings. The second kappa shape index (κ2) is 30.3. The molecule has 0 saturated carbocycles. The minimum atomic E-state index is -1.40. The molecule has 1 heterocycles. The van der Waals surface area contributed by atoms with Gasteiger partial charge in [0.05, 0.1) is 6.54 Å². The monoisotopic (exact) mass is 973 g/mol. The lowest BCUT2D eigenvalue weighted by Gasteiger charge is -2.21. The van der Waals surface area contributed by atoms with Crippen molar-refractivity contribution in [3.8, 4) is 0 Å². The van der Waals surface area contributed by atoms with Crippen molar-refractivity contribution in [1.82, 2.24) is 36.8 Å². The Balaban J connectivity index is 1.76. The average Bonchev–Trinajstić information content (AvgIpc) is 3.80. The molecule has 5 amide bonds. The van der Waals surface area contributed by atoms with Gasteiger partial charge in [-0.15, -0.1) is 0 Å². The number of carbonyl (C=O) groups excluding carboxylic acids is 6. The summed E-state index contributed by atoms with van der Waals surface area (Å²) < 4.78 is 10.1. The van der Waals surface area contributed by atoms with E-state index in [0.29, 0.717) is 18.7 Å². The van der Waals surface area contributed by atoms with E-state index in [2.05, 4.69) is 31.9 Å². The van der Waals surface area contributed by atoms with Crippen molar-refractivity contribution >= 4 is 98.5 Å². The zero-order valence-electron chi connectivity index (χ0n) is 35.4. The summed E-state index contributed by atoms with van der Waals surface area (Å²) in [6.07, 6.45) is -1.58. The SMILES string of the molecule is CC(OC(=O)OCCSSCC(NC(=O)C(Cc1ccccc1)NC(=O)CNC(=O)CCCNC(=O)CCC(NC(=S)NC(CCC(=O)O)C(=O)O)C(=O)O)C(=O)O)C(=O)N1CCCC1. The number of rotatable bonds is 30. The molecule has 360 valence electrons. The lowest BCUT2D eigenvalue weighted by Crippen LogP contribution is -2.54. The van der Waals surface area contributed by atoms with E-state index >= 15 is 0 Å². The molecule has 1 aromatic rings. The summed E-state index contributed by atoms with van der Waals surface area (Å²) in [4.78, 5) is 123. The maximum absolute atomic E-state index is 13.4. The number of amides is 5. The summed E-state index contributed by atoms with van der Waals surface area (Å²) in [5, 5.41) is 51.7. The number of likely N-dealkylation sites (tertiary alicyclic amines) is 1. The van der Waals surface area contributed by atoms with E-state index < -0.39 is 96.9 Å². The molecule has 10 N–H and O–H groups in total. The Morgan fingerprint density at radius 3 is 1.92 bits per heavy atom. The van der Waals surface area contributed by atoms with Crippen molar-refractivity contribution in [2.45, 2.75) is 95.0 Å². The van der Waals surface area contributed by atoms with Crippen LogP contribution in [-0.4, -0.2) is 165 Å². The van der Waals surface area contributed by atoms with Crippen LogP contribution in [0.3, 0.4) is 0 Å². The lowest BCUT2D eigenvalue weighted by molar-refractivity contribution is -0.142. The first-order valence-corrected chi connectivity index (χ1v) is 23.3. The maximum atomic E-state index is 13.4. The highest BCUT2D eigenvalue weighted by Crippen LogP contribution is 2.22. The molecule has 0 bridgehead atoms. The summed E-state index contributed by atoms with van der Waals surface area (Å²) in [5.41, 5.74) is 0.651. The van der Waals surface area contributed by atoms with E-state index in [1.165, 1.54) is 17.7 Å². The molecular formula is C39H55N7O16S3. The number of hydrogen-bond acceptors (Lipinski definition) is 15. The molecule has 0 radical (unpaired) electrons. The van der Waals surface area contributed by atoms with Gasteiger partial charge in [-0.1, -0.05) is 51.9 Å². The van der Waals surface area contributed by atoms with Crippen molar-refractivity contribution in [2.24, 2.45) is 0 Å². The predicted molar refractivity (Wildman–Crippen MR) is 237 cm³/mol. The summed E-state index contributed by atoms with van der Waals surface area (Å²) in [7, 11) is 2.26. The number of benzene rings is 1. The minimum absolute atomic E-state index is 0.0113. The van der Waals surface area contributed by atoms with Gasteiger partial charge in [0.1, 0.15) is 30.8 Å². The van der Waals surface area contributed by atoms with Crippen LogP contribution in [0.4, 0.5) is 4.79 Å². The molecule has 1 fully saturated rings. The van der Waals surface area contributed by atoms with Gasteiger partial charge >= 0.3 is 30.0 Å². The van der Waals surface area contributed by atoms with Gasteiger partial charge in [0, 0.05) is 56.8 Å². The molecule has 1 saturated heterocycles. The first kappa shape index (κ1) is 55.2. The highest BCUT2D eigenvalue weighted by Gasteiger charge is 2.29. The standard InChI is InChI=1S/C39H55N7O16S3/c1-23(34(53)46-16-5-6-17-46)62-39(60)61-18-19-64-65-22-28(37(58)59)43-33(52)27(20-24-8-3-2-4-9-24)42-31(49)21-41-29(47)10-7-15-40-30(48)13-11-25(35(54)55)44-38(63)45-26(36(56)57)12-14-32(50)51/h2-4,8-9,23,25-28H,5-7,10-22H2,1H3,(H,40,48)(H,41,47)(H,42,49)(H,43,52)(H,50,51)(H,54,55)(H,56,57)(H,58,59)(H2,44,45,63). The van der Waals surface area contributed by atoms with Crippen molar-refractivity contribution in [3.05, 3.63) is 35.9 Å². The number of carbonyl (C=O) groups is 10. The molecule has 0 aromatic heterocycles. The molecule has 2 rings (SSSR count). The lowest BCUT2D eigenvalue weighted by atomic mass is 10.0. The van der Waals surface area contributed by atoms with Gasteiger partial charge in [-0.05, 0) is 56.8 Å². The van der Waals surface area contributed by atoms with Crippen LogP contribution in [0.5, 0.6) is 0 Å². The van der Waals surface area contributed by atoms with Crippen LogP contribution >= 0.6 is 33.8 Å². The summed E-state index contributed by atoms with van der Waals surface area (Å²) in [6.45, 7) is 2.07. The average molecular weight is 974 g/mol. The molecule has 1 aromatic carbocycles. The number of nitrogens with one attached hydrogen (secondary N) is 6. The van der Waals surface area contributed by atoms with Gasteiger partial charge in [-0.25, -0.2) is 19.2 Å². The number of hydrogen-bond donors (Lipinski definition) is 10. The topological polar surface area (TPSA) is 346 Å². The fourth-order valence-electron chi connectivity index (χ4n) is 5.76. The Hall–Kier alpha value is -5.89. The first-order chi connectivity index (χ1) is 30.9. The molecular weight excluding hydrogens is 919 g/mol. The van der Waals surface area contributed by atoms with Crippen LogP contribution in [0.25, 0.3) is 0 Å². The van der Waals surface area contributed by atoms with Gasteiger partial charge in [0.2, 0.25) is 23.6 Å². The first-order valence-electron chi connectivity index (χ1n) is 20.4. The summed E-state index contributed by atoms with van der Waals surface area (Å²) >= 11 is 4.96. The Morgan fingerprint density at radius 2 is 1.32 bits per heavy atom. The number of carboxylic acids is 4. The molecule has 26 heteroatoms. The van der Waals surface area contributed by atoms with Gasteiger partial charge < -0.3 is 66.7 Å². The number of nitrogens with zero attached hydrogens (tertiary/aromatic N) is 1. The predicted octanol–water partition coefficient (Wildman–Crippen LogP) is -0.143. The third kappa shape index (κ3) is 23.6. The Kier molecular flexibility index (Phi) is 25.7. The van der Waals surface area contributed by atoms with Crippen LogP contribution in [-0.2, 0) is 59.0 Å². The molecule has 0 spiro atoms. The van der Waals surface area contributed by atoms with E-state index in [1.807, 2.05) is 0 Å². The molecule has 5 atom stereocenters. The van der Waals surface area contributed by atoms with Crippen molar-refractivity contribution in [1.29, 1.82) is 0 Å². The van der Waals surface area contributed by atoms with Crippen LogP contribution in [0.1, 0.15) is 63.9 Å². The fourth-order valence-corrected chi connectivity index (χ4v) is 8.02.